The Morgan fingerprint density at radius 1 is 1.00 bits per heavy atom. The van der Waals surface area contributed by atoms with Crippen LogP contribution in [0.4, 0.5) is 0 Å². The van der Waals surface area contributed by atoms with E-state index in [2.05, 4.69) is 20.9 Å². The van der Waals surface area contributed by atoms with Gasteiger partial charge in [0.15, 0.2) is 5.78 Å². The number of aromatic nitrogens is 1. The second-order valence-electron chi connectivity index (χ2n) is 8.31. The number of para-hydroxylation sites is 1. The van der Waals surface area contributed by atoms with Crippen molar-refractivity contribution < 1.29 is 19.2 Å². The van der Waals surface area contributed by atoms with Crippen LogP contribution in [0.2, 0.25) is 0 Å². The molecule has 172 valence electrons. The highest BCUT2D eigenvalue weighted by molar-refractivity contribution is 6.06. The quantitative estimate of drug-likeness (QED) is 0.473. The number of ketones is 1. The lowest BCUT2D eigenvalue weighted by Gasteiger charge is -2.21. The molecule has 1 heterocycles. The third-order valence-electron chi connectivity index (χ3n) is 4.60. The van der Waals surface area contributed by atoms with Crippen LogP contribution >= 0.6 is 0 Å². The largest absolute Gasteiger partial charge is 0.347 e. The molecule has 9 nitrogen and oxygen atoms in total. The molecule has 1 atom stereocenters. The average molecular weight is 442 g/mol. The summed E-state index contributed by atoms with van der Waals surface area (Å²) in [6, 6.07) is 8.15. The van der Waals surface area contributed by atoms with Crippen LogP contribution in [0.25, 0.3) is 10.9 Å². The number of benzene rings is 1. The van der Waals surface area contributed by atoms with Gasteiger partial charge in [-0.2, -0.15) is 0 Å². The smallest absolute Gasteiger partial charge is 0.253 e. The number of carbonyl (C=O) groups excluding carboxylic acids is 4. The maximum atomic E-state index is 12.5. The standard InChI is InChI=1S/C23H31N5O4/c1-15(2)11-19(27-20(30)14-28(3)4)23(32)26-13-17(29)12-25-22(31)18-9-5-7-16-8-6-10-24-21(16)18/h5-10,15,19H,11-14H2,1-4H3,(H,25,31)(H,26,32)(H,27,30)/t19-/m0/s1. The molecule has 0 saturated carbocycles. The molecule has 32 heavy (non-hydrogen) atoms. The van der Waals surface area contributed by atoms with Crippen LogP contribution in [-0.2, 0) is 14.4 Å². The van der Waals surface area contributed by atoms with Gasteiger partial charge in [0.2, 0.25) is 11.8 Å². The van der Waals surface area contributed by atoms with Crippen molar-refractivity contribution in [3.63, 3.8) is 0 Å². The molecule has 1 aromatic heterocycles. The van der Waals surface area contributed by atoms with Crippen LogP contribution < -0.4 is 16.0 Å². The molecule has 0 aliphatic carbocycles. The SMILES string of the molecule is CC(C)C[C@H](NC(=O)CN(C)C)C(=O)NCC(=O)CNC(=O)c1cccc2cccnc12. The summed E-state index contributed by atoms with van der Waals surface area (Å²) in [5.41, 5.74) is 0.929. The third kappa shape index (κ3) is 7.73. The highest BCUT2D eigenvalue weighted by atomic mass is 16.2. The molecule has 0 spiro atoms. The maximum Gasteiger partial charge on any atom is 0.253 e. The Morgan fingerprint density at radius 2 is 1.69 bits per heavy atom. The molecular weight excluding hydrogens is 410 g/mol. The van der Waals surface area contributed by atoms with Crippen molar-refractivity contribution in [2.45, 2.75) is 26.3 Å². The fourth-order valence-corrected chi connectivity index (χ4v) is 3.16. The molecule has 2 rings (SSSR count). The number of fused-ring (bicyclic) bond motifs is 1. The summed E-state index contributed by atoms with van der Waals surface area (Å²) in [5.74, 6) is -1.29. The molecule has 1 aromatic carbocycles. The van der Waals surface area contributed by atoms with Crippen LogP contribution in [0.5, 0.6) is 0 Å². The van der Waals surface area contributed by atoms with Crippen LogP contribution in [0.15, 0.2) is 36.5 Å². The van der Waals surface area contributed by atoms with Crippen molar-refractivity contribution in [2.75, 3.05) is 33.7 Å². The zero-order valence-corrected chi connectivity index (χ0v) is 19.0. The van der Waals surface area contributed by atoms with E-state index >= 15 is 0 Å². The molecule has 0 aliphatic rings. The van der Waals surface area contributed by atoms with E-state index in [1.54, 1.807) is 43.4 Å². The van der Waals surface area contributed by atoms with Gasteiger partial charge < -0.3 is 20.9 Å². The lowest BCUT2D eigenvalue weighted by molar-refractivity contribution is -0.130. The van der Waals surface area contributed by atoms with E-state index in [9.17, 15) is 19.2 Å². The van der Waals surface area contributed by atoms with Crippen molar-refractivity contribution in [3.8, 4) is 0 Å². The van der Waals surface area contributed by atoms with Crippen molar-refractivity contribution in [1.29, 1.82) is 0 Å². The second kappa shape index (κ2) is 11.9. The molecule has 0 bridgehead atoms. The van der Waals surface area contributed by atoms with Gasteiger partial charge in [0, 0.05) is 11.6 Å². The molecular formula is C23H31N5O4. The van der Waals surface area contributed by atoms with Crippen LogP contribution in [-0.4, -0.2) is 73.2 Å². The number of nitrogens with zero attached hydrogens (tertiary/aromatic N) is 2. The lowest BCUT2D eigenvalue weighted by Crippen LogP contribution is -2.50. The predicted octanol–water partition coefficient (Wildman–Crippen LogP) is 0.742. The Bertz CT molecular complexity index is 969. The van der Waals surface area contributed by atoms with Gasteiger partial charge in [0.1, 0.15) is 6.04 Å². The van der Waals surface area contributed by atoms with Crippen LogP contribution in [0.1, 0.15) is 30.6 Å². The first-order valence-corrected chi connectivity index (χ1v) is 10.5. The van der Waals surface area contributed by atoms with Crippen LogP contribution in [0, 0.1) is 5.92 Å². The van der Waals surface area contributed by atoms with E-state index < -0.39 is 17.9 Å². The minimum Gasteiger partial charge on any atom is -0.347 e. The average Bonchev–Trinajstić information content (AvgIpc) is 2.74. The number of hydrogen-bond donors (Lipinski definition) is 3. The fraction of sp³-hybridized carbons (Fsp3) is 0.435. The number of likely N-dealkylation sites (N-methyl/N-ethyl adjacent to an activating group) is 1. The minimum absolute atomic E-state index is 0.163. The number of rotatable bonds is 11. The van der Waals surface area contributed by atoms with E-state index in [0.717, 1.165) is 5.39 Å². The maximum absolute atomic E-state index is 12.5. The number of amides is 3. The Labute approximate surface area is 187 Å². The fourth-order valence-electron chi connectivity index (χ4n) is 3.16. The number of carbonyl (C=O) groups is 4. The number of hydrogen-bond acceptors (Lipinski definition) is 6. The summed E-state index contributed by atoms with van der Waals surface area (Å²) >= 11 is 0. The molecule has 0 saturated heterocycles. The summed E-state index contributed by atoms with van der Waals surface area (Å²) in [6.45, 7) is 3.58. The zero-order chi connectivity index (χ0) is 23.7. The minimum atomic E-state index is -0.730. The summed E-state index contributed by atoms with van der Waals surface area (Å²) in [4.78, 5) is 55.2. The van der Waals surface area contributed by atoms with Crippen LogP contribution in [0.3, 0.4) is 0 Å². The molecule has 3 amide bonds. The monoisotopic (exact) mass is 441 g/mol. The van der Waals surface area contributed by atoms with E-state index in [-0.39, 0.29) is 37.2 Å². The summed E-state index contributed by atoms with van der Waals surface area (Å²) < 4.78 is 0. The first-order valence-electron chi connectivity index (χ1n) is 10.5. The Balaban J connectivity index is 1.88. The van der Waals surface area contributed by atoms with Gasteiger partial charge in [0.25, 0.3) is 5.91 Å². The van der Waals surface area contributed by atoms with Gasteiger partial charge in [0.05, 0.1) is 30.7 Å². The predicted molar refractivity (Wildman–Crippen MR) is 122 cm³/mol. The van der Waals surface area contributed by atoms with Crippen molar-refractivity contribution in [1.82, 2.24) is 25.8 Å². The molecule has 0 radical (unpaired) electrons. The van der Waals surface area contributed by atoms with Gasteiger partial charge >= 0.3 is 0 Å². The van der Waals surface area contributed by atoms with E-state index in [0.29, 0.717) is 17.5 Å². The number of pyridine rings is 1. The Kier molecular flexibility index (Phi) is 9.27. The van der Waals surface area contributed by atoms with E-state index in [1.165, 1.54) is 0 Å². The second-order valence-corrected chi connectivity index (χ2v) is 8.31. The Hall–Kier alpha value is -3.33. The zero-order valence-electron chi connectivity index (χ0n) is 19.0. The highest BCUT2D eigenvalue weighted by Crippen LogP contribution is 2.15. The molecule has 0 unspecified atom stereocenters. The number of Topliss-reactive ketones (excluding diaryl/α,β-unsaturated/α-hetero) is 1. The van der Waals surface area contributed by atoms with Crippen molar-refractivity contribution in [3.05, 3.63) is 42.1 Å². The molecule has 2 aromatic rings. The Morgan fingerprint density at radius 3 is 2.38 bits per heavy atom. The summed E-state index contributed by atoms with van der Waals surface area (Å²) in [7, 11) is 3.52. The van der Waals surface area contributed by atoms with Crippen molar-refractivity contribution in [2.24, 2.45) is 5.92 Å². The normalized spacial score (nSPS) is 11.9. The first-order chi connectivity index (χ1) is 15.2. The highest BCUT2D eigenvalue weighted by Gasteiger charge is 2.22. The molecule has 9 heteroatoms. The summed E-state index contributed by atoms with van der Waals surface area (Å²) in [6.07, 6.45) is 2.05. The molecule has 0 aliphatic heterocycles. The van der Waals surface area contributed by atoms with E-state index in [1.807, 2.05) is 26.0 Å². The summed E-state index contributed by atoms with van der Waals surface area (Å²) in [5, 5.41) is 8.67. The molecule has 0 fully saturated rings. The topological polar surface area (TPSA) is 121 Å². The van der Waals surface area contributed by atoms with Gasteiger partial charge in [-0.25, -0.2) is 0 Å². The van der Waals surface area contributed by atoms with E-state index in [4.69, 9.17) is 0 Å². The van der Waals surface area contributed by atoms with Gasteiger partial charge in [-0.3, -0.25) is 24.2 Å². The molecule has 3 N–H and O–H groups in total. The van der Waals surface area contributed by atoms with Gasteiger partial charge in [-0.15, -0.1) is 0 Å². The van der Waals surface area contributed by atoms with Crippen molar-refractivity contribution >= 4 is 34.4 Å². The number of nitrogens with one attached hydrogen (secondary N) is 3. The third-order valence-corrected chi connectivity index (χ3v) is 4.60. The first kappa shape index (κ1) is 24.9. The van der Waals surface area contributed by atoms with Gasteiger partial charge in [-0.05, 0) is 38.6 Å². The van der Waals surface area contributed by atoms with Gasteiger partial charge in [-0.1, -0.05) is 32.0 Å². The lowest BCUT2D eigenvalue weighted by atomic mass is 10.0.